The van der Waals surface area contributed by atoms with Gasteiger partial charge in [-0.1, -0.05) is 6.92 Å². The molecule has 0 unspecified atom stereocenters. The average Bonchev–Trinajstić information content (AvgIpc) is 2.95. The molecule has 0 bridgehead atoms. The van der Waals surface area contributed by atoms with E-state index in [-0.39, 0.29) is 0 Å². The quantitative estimate of drug-likeness (QED) is 0.0437. The van der Waals surface area contributed by atoms with Gasteiger partial charge < -0.3 is 137 Å². The molecule has 0 amide bonds. The van der Waals surface area contributed by atoms with E-state index in [1.54, 1.807) is 0 Å². The minimum absolute atomic E-state index is 0.492. The van der Waals surface area contributed by atoms with Crippen molar-refractivity contribution in [2.24, 2.45) is 0 Å². The van der Waals surface area contributed by atoms with E-state index >= 15 is 0 Å². The monoisotopic (exact) mass is 1340 g/mol. The van der Waals surface area contributed by atoms with E-state index in [0.29, 0.717) is 0 Å². The highest BCUT2D eigenvalue weighted by molar-refractivity contribution is 7.73. The number of rotatable bonds is 24. The highest BCUT2D eigenvalue weighted by Gasteiger charge is 2.51. The maximum atomic E-state index is 10.9. The average molecular weight is 1340 g/mol. The third-order valence-electron chi connectivity index (χ3n) is 7.74. The molecule has 0 heterocycles. The van der Waals surface area contributed by atoms with Crippen LogP contribution in [-0.4, -0.2) is 175 Å². The summed E-state index contributed by atoms with van der Waals surface area (Å²) in [6.07, 6.45) is -7.52. The maximum absolute atomic E-state index is 10.9. The van der Waals surface area contributed by atoms with Crippen LogP contribution in [0.15, 0.2) is 0 Å². The van der Waals surface area contributed by atoms with Gasteiger partial charge in [0.05, 0.1) is 0 Å². The predicted octanol–water partition coefficient (Wildman–Crippen LogP) is -2.72. The molecule has 0 saturated carbocycles. The summed E-state index contributed by atoms with van der Waals surface area (Å²) in [4.78, 5) is 244. The van der Waals surface area contributed by atoms with Crippen LogP contribution in [0, 0.1) is 6.92 Å². The van der Waals surface area contributed by atoms with Gasteiger partial charge in [-0.15, -0.1) is 0 Å². The van der Waals surface area contributed by atoms with Crippen LogP contribution in [0.3, 0.4) is 0 Å². The Balaban J connectivity index is -0.000000430. The van der Waals surface area contributed by atoms with Crippen LogP contribution in [0.25, 0.3) is 0 Å². The maximum Gasteiger partial charge on any atom is 0.340 e. The summed E-state index contributed by atoms with van der Waals surface area (Å²) in [7, 11) is -73.4. The summed E-state index contributed by atoms with van der Waals surface area (Å²) < 4.78 is 152. The first-order valence-corrected chi connectivity index (χ1v) is 40.2. The van der Waals surface area contributed by atoms with Crippen molar-refractivity contribution in [2.45, 2.75) is 82.7 Å². The van der Waals surface area contributed by atoms with Gasteiger partial charge in [-0.2, -0.15) is 0 Å². The zero-order valence-electron chi connectivity index (χ0n) is 34.2. The van der Waals surface area contributed by atoms with Crippen LogP contribution in [-0.2, 0) is 63.9 Å². The first kappa shape index (κ1) is 79.6. The molecule has 0 aliphatic heterocycles. The van der Waals surface area contributed by atoms with Crippen LogP contribution in [0.1, 0.15) is 44.9 Å². The second-order valence-corrected chi connectivity index (χ2v) is 41.7. The Morgan fingerprint density at radius 1 is 0.183 bits per heavy atom. The van der Waals surface area contributed by atoms with Crippen molar-refractivity contribution >= 4 is 106 Å². The Morgan fingerprint density at radius 3 is 0.282 bits per heavy atom. The lowest BCUT2D eigenvalue weighted by atomic mass is 10.4. The molecule has 42 nitrogen and oxygen atoms in total. The molecular weight excluding hydrogens is 1290 g/mol. The molecule has 0 aromatic rings. The fraction of sp³-hybridized carbons (Fsp3) is 0.933. The molecule has 0 rings (SSSR count). The van der Waals surface area contributed by atoms with Crippen molar-refractivity contribution < 1.29 is 201 Å². The van der Waals surface area contributed by atoms with E-state index < -0.39 is 189 Å². The SMILES string of the molecule is O=P(O)(O)C(CCC(P(=O)(O)O)P(=O)(O)O)P(=O)(O)O.O=P(O)(O)C(CCC(P(=O)(O)O)P(=O)(O)O)P(=O)(O)O.O=P(O)(O)C(CCC(P(=O)(O)O)P(=O)(O)O)P(=O)(O)O.[CH2]CC(P(=O)(O)O)P(=O)(O)O. The molecule has 0 atom stereocenters. The second kappa shape index (κ2) is 28.0. The lowest BCUT2D eigenvalue weighted by molar-refractivity contribution is 0.319. The Kier molecular flexibility index (Phi) is 31.4. The molecular formula is C15H51O42P14. The molecule has 0 aromatic carbocycles. The van der Waals surface area contributed by atoms with Gasteiger partial charge >= 0.3 is 106 Å². The Morgan fingerprint density at radius 2 is 0.254 bits per heavy atom. The van der Waals surface area contributed by atoms with Crippen molar-refractivity contribution in [1.29, 1.82) is 0 Å². The second-order valence-electron chi connectivity index (χ2n) is 13.6. The molecule has 1 radical (unpaired) electrons. The van der Waals surface area contributed by atoms with Gasteiger partial charge in [-0.25, -0.2) is 0 Å². The Bertz CT molecular complexity index is 1890. The topological polar surface area (TPSA) is 805 Å². The third-order valence-corrected chi connectivity index (χ3v) is 34.9. The fourth-order valence-corrected chi connectivity index (χ4v) is 22.1. The first-order chi connectivity index (χ1) is 30.1. The normalized spacial score (nSPS) is 14.9. The lowest BCUT2D eigenvalue weighted by Crippen LogP contribution is -2.15. The fourth-order valence-electron chi connectivity index (χ4n) is 4.62. The van der Waals surface area contributed by atoms with Crippen molar-refractivity contribution in [1.82, 2.24) is 0 Å². The molecule has 0 aromatic heterocycles. The molecule has 0 fully saturated rings. The number of hydrogen-bond acceptors (Lipinski definition) is 14. The summed E-state index contributed by atoms with van der Waals surface area (Å²) in [6, 6.07) is 0. The van der Waals surface area contributed by atoms with Crippen molar-refractivity contribution in [3.8, 4) is 0 Å². The van der Waals surface area contributed by atoms with E-state index in [9.17, 15) is 63.9 Å². The van der Waals surface area contributed by atoms with Crippen LogP contribution in [0.2, 0.25) is 0 Å². The number of hydrogen-bond donors (Lipinski definition) is 28. The van der Waals surface area contributed by atoms with Gasteiger partial charge in [0.25, 0.3) is 0 Å². The van der Waals surface area contributed by atoms with Crippen LogP contribution in [0.5, 0.6) is 0 Å². The van der Waals surface area contributed by atoms with Crippen LogP contribution < -0.4 is 0 Å². The molecule has 433 valence electrons. The van der Waals surface area contributed by atoms with Crippen LogP contribution >= 0.6 is 106 Å². The molecule has 0 saturated heterocycles. The van der Waals surface area contributed by atoms with Gasteiger partial charge in [-0.3, -0.25) is 63.9 Å². The zero-order valence-corrected chi connectivity index (χ0v) is 46.7. The van der Waals surface area contributed by atoms with Crippen molar-refractivity contribution in [2.75, 3.05) is 0 Å². The highest BCUT2D eigenvalue weighted by atomic mass is 31.3. The molecule has 56 heteroatoms. The molecule has 71 heavy (non-hydrogen) atoms. The van der Waals surface area contributed by atoms with Crippen molar-refractivity contribution in [3.63, 3.8) is 0 Å². The Hall–Kier alpha value is 2.10. The summed E-state index contributed by atoms with van der Waals surface area (Å²) in [5.74, 6) is 0. The lowest BCUT2D eigenvalue weighted by Gasteiger charge is -2.23. The van der Waals surface area contributed by atoms with Gasteiger partial charge in [-0.05, 0) is 44.9 Å². The molecule has 0 aliphatic rings. The molecule has 0 spiro atoms. The Labute approximate surface area is 396 Å². The molecule has 28 N–H and O–H groups in total. The van der Waals surface area contributed by atoms with Gasteiger partial charge in [0.15, 0.2) is 37.8 Å². The van der Waals surface area contributed by atoms with E-state index in [4.69, 9.17) is 137 Å². The van der Waals surface area contributed by atoms with E-state index in [1.807, 2.05) is 0 Å². The van der Waals surface area contributed by atoms with Crippen molar-refractivity contribution in [3.05, 3.63) is 6.92 Å². The largest absolute Gasteiger partial charge is 0.340 e. The summed E-state index contributed by atoms with van der Waals surface area (Å²) in [5, 5.41) is -17.5. The minimum Gasteiger partial charge on any atom is -0.324 e. The standard InChI is InChI=1S/3C4H14O12P4.C3H9O6P2/c3*5-17(6,7)3(18(8,9)10)1-2-4(19(11,12)13)20(14,15)16;1-2-3(10(4,5)6)11(7,8)9/h3*3-4H,1-2H2,(H2,5,6,7)(H2,8,9,10)(H2,11,12,13)(H2,14,15,16);3H,1-2H2,(H2,4,5,6)(H2,7,8,9). The minimum atomic E-state index is -5.33. The van der Waals surface area contributed by atoms with Gasteiger partial charge in [0, 0.05) is 0 Å². The zero-order chi connectivity index (χ0) is 59.0. The highest BCUT2D eigenvalue weighted by Crippen LogP contribution is 2.69. The smallest absolute Gasteiger partial charge is 0.324 e. The summed E-state index contributed by atoms with van der Waals surface area (Å²) >= 11 is 0. The molecule has 0 aliphatic carbocycles. The predicted molar refractivity (Wildman–Crippen MR) is 233 cm³/mol. The third kappa shape index (κ3) is 33.3. The first-order valence-electron chi connectivity index (χ1n) is 16.6. The van der Waals surface area contributed by atoms with E-state index in [2.05, 4.69) is 6.92 Å². The van der Waals surface area contributed by atoms with Gasteiger partial charge in [0.2, 0.25) is 0 Å². The van der Waals surface area contributed by atoms with E-state index in [1.165, 1.54) is 0 Å². The van der Waals surface area contributed by atoms with Gasteiger partial charge in [0.1, 0.15) is 0 Å². The summed E-state index contributed by atoms with van der Waals surface area (Å²) in [5.41, 5.74) is 0. The van der Waals surface area contributed by atoms with E-state index in [0.717, 1.165) is 0 Å². The summed E-state index contributed by atoms with van der Waals surface area (Å²) in [6.45, 7) is 3.03. The van der Waals surface area contributed by atoms with Crippen LogP contribution in [0.4, 0.5) is 0 Å².